The van der Waals surface area contributed by atoms with Crippen LogP contribution in [0.25, 0.3) is 10.8 Å². The molecule has 2 aromatic carbocycles. The molecular formula is C16H15NO. The fraction of sp³-hybridized carbons (Fsp3) is 0.312. The number of nitrogens with zero attached hydrogens (tertiary/aromatic N) is 1. The molecule has 0 aromatic heterocycles. The van der Waals surface area contributed by atoms with Gasteiger partial charge in [0, 0.05) is 12.0 Å². The molecule has 0 heterocycles. The highest BCUT2D eigenvalue weighted by Gasteiger charge is 2.30. The van der Waals surface area contributed by atoms with Gasteiger partial charge in [0.05, 0.1) is 5.71 Å². The fourth-order valence-corrected chi connectivity index (χ4v) is 3.70. The quantitative estimate of drug-likeness (QED) is 0.548. The molecule has 2 aromatic rings. The minimum absolute atomic E-state index is 0.554. The summed E-state index contributed by atoms with van der Waals surface area (Å²) in [5.41, 5.74) is 5.02. The van der Waals surface area contributed by atoms with Gasteiger partial charge in [0.15, 0.2) is 0 Å². The molecule has 0 aliphatic heterocycles. The van der Waals surface area contributed by atoms with Crippen molar-refractivity contribution in [3.63, 3.8) is 0 Å². The first-order valence-electron chi connectivity index (χ1n) is 6.64. The van der Waals surface area contributed by atoms with E-state index in [1.54, 1.807) is 0 Å². The van der Waals surface area contributed by atoms with Crippen LogP contribution in [-0.4, -0.2) is 10.9 Å². The lowest BCUT2D eigenvalue weighted by Gasteiger charge is -2.32. The molecule has 1 atom stereocenters. The Balaban J connectivity index is 2.18. The highest BCUT2D eigenvalue weighted by Crippen LogP contribution is 2.44. The maximum Gasteiger partial charge on any atom is 0.0880 e. The summed E-state index contributed by atoms with van der Waals surface area (Å²) < 4.78 is 0. The molecular weight excluding hydrogens is 222 g/mol. The van der Waals surface area contributed by atoms with Gasteiger partial charge in [-0.25, -0.2) is 0 Å². The van der Waals surface area contributed by atoms with Gasteiger partial charge >= 0.3 is 0 Å². The zero-order valence-electron chi connectivity index (χ0n) is 10.2. The average molecular weight is 237 g/mol. The molecule has 2 heteroatoms. The van der Waals surface area contributed by atoms with Crippen LogP contribution in [0.2, 0.25) is 0 Å². The van der Waals surface area contributed by atoms with Crippen molar-refractivity contribution in [1.29, 1.82) is 0 Å². The maximum absolute atomic E-state index is 9.26. The van der Waals surface area contributed by atoms with E-state index in [1.807, 2.05) is 0 Å². The topological polar surface area (TPSA) is 32.6 Å². The van der Waals surface area contributed by atoms with Gasteiger partial charge in [-0.3, -0.25) is 0 Å². The minimum atomic E-state index is 0.554. The summed E-state index contributed by atoms with van der Waals surface area (Å²) >= 11 is 0. The lowest BCUT2D eigenvalue weighted by Crippen LogP contribution is -2.20. The maximum atomic E-state index is 9.26. The fourth-order valence-electron chi connectivity index (χ4n) is 3.70. The summed E-state index contributed by atoms with van der Waals surface area (Å²) in [4.78, 5) is 0. The molecule has 4 rings (SSSR count). The van der Waals surface area contributed by atoms with Crippen molar-refractivity contribution < 1.29 is 5.21 Å². The Morgan fingerprint density at radius 1 is 1.17 bits per heavy atom. The van der Waals surface area contributed by atoms with E-state index in [2.05, 4.69) is 35.5 Å². The normalized spacial score (nSPS) is 23.6. The Hall–Kier alpha value is -1.83. The monoisotopic (exact) mass is 237 g/mol. The second-order valence-electron chi connectivity index (χ2n) is 5.38. The Kier molecular flexibility index (Phi) is 2.01. The molecule has 18 heavy (non-hydrogen) atoms. The third-order valence-corrected chi connectivity index (χ3v) is 4.45. The van der Waals surface area contributed by atoms with Gasteiger partial charge in [0.1, 0.15) is 0 Å². The van der Waals surface area contributed by atoms with Gasteiger partial charge < -0.3 is 5.21 Å². The molecule has 0 fully saturated rings. The van der Waals surface area contributed by atoms with Gasteiger partial charge in [-0.1, -0.05) is 35.5 Å². The highest BCUT2D eigenvalue weighted by molar-refractivity contribution is 6.14. The van der Waals surface area contributed by atoms with Crippen LogP contribution in [0.1, 0.15) is 41.9 Å². The van der Waals surface area contributed by atoms with Crippen LogP contribution < -0.4 is 0 Å². The smallest absolute Gasteiger partial charge is 0.0880 e. The van der Waals surface area contributed by atoms with E-state index >= 15 is 0 Å². The molecule has 0 radical (unpaired) electrons. The Morgan fingerprint density at radius 2 is 2.11 bits per heavy atom. The van der Waals surface area contributed by atoms with Crippen LogP contribution in [0.15, 0.2) is 35.5 Å². The molecule has 2 aliphatic rings. The lowest BCUT2D eigenvalue weighted by atomic mass is 9.72. The summed E-state index contributed by atoms with van der Waals surface area (Å²) in [6.45, 7) is 0. The van der Waals surface area contributed by atoms with Crippen LogP contribution in [0.3, 0.4) is 0 Å². The van der Waals surface area contributed by atoms with Gasteiger partial charge in [-0.05, 0) is 47.1 Å². The van der Waals surface area contributed by atoms with Crippen molar-refractivity contribution in [3.05, 3.63) is 47.0 Å². The third-order valence-electron chi connectivity index (χ3n) is 4.45. The number of benzene rings is 2. The van der Waals surface area contributed by atoms with E-state index in [-0.39, 0.29) is 0 Å². The number of hydrogen-bond donors (Lipinski definition) is 1. The Bertz CT molecular complexity index is 672. The van der Waals surface area contributed by atoms with Crippen LogP contribution in [0.5, 0.6) is 0 Å². The van der Waals surface area contributed by atoms with Gasteiger partial charge in [0.2, 0.25) is 0 Å². The molecule has 2 aliphatic carbocycles. The van der Waals surface area contributed by atoms with Gasteiger partial charge in [0.25, 0.3) is 0 Å². The molecule has 0 amide bonds. The molecule has 0 bridgehead atoms. The molecule has 0 spiro atoms. The third kappa shape index (κ3) is 1.20. The number of aryl methyl sites for hydroxylation is 1. The number of rotatable bonds is 0. The van der Waals surface area contributed by atoms with Crippen molar-refractivity contribution in [1.82, 2.24) is 0 Å². The van der Waals surface area contributed by atoms with Gasteiger partial charge in [-0.15, -0.1) is 0 Å². The van der Waals surface area contributed by atoms with Crippen LogP contribution >= 0.6 is 0 Å². The summed E-state index contributed by atoms with van der Waals surface area (Å²) in [6, 6.07) is 10.8. The molecule has 0 saturated heterocycles. The standard InChI is InChI=1S/C16H15NO/c18-17-14-9-12-5-1-3-10-7-8-11-4-2-6-13(14)16(11)15(10)12/h2,4,6-8,12,18H,1,3,5,9H2/b17-14+/t12-/m0/s1. The largest absolute Gasteiger partial charge is 0.411 e. The Morgan fingerprint density at radius 3 is 3.00 bits per heavy atom. The van der Waals surface area contributed by atoms with Crippen molar-refractivity contribution in [3.8, 4) is 0 Å². The minimum Gasteiger partial charge on any atom is -0.411 e. The van der Waals surface area contributed by atoms with Crippen LogP contribution in [0, 0.1) is 0 Å². The number of oxime groups is 1. The highest BCUT2D eigenvalue weighted by atomic mass is 16.4. The first-order chi connectivity index (χ1) is 8.88. The molecule has 90 valence electrons. The molecule has 2 nitrogen and oxygen atoms in total. The number of hydrogen-bond acceptors (Lipinski definition) is 2. The second kappa shape index (κ2) is 3.58. The van der Waals surface area contributed by atoms with E-state index in [0.717, 1.165) is 17.7 Å². The van der Waals surface area contributed by atoms with Crippen molar-refractivity contribution in [2.24, 2.45) is 5.16 Å². The van der Waals surface area contributed by atoms with E-state index in [9.17, 15) is 5.21 Å². The van der Waals surface area contributed by atoms with Crippen molar-refractivity contribution in [2.75, 3.05) is 0 Å². The van der Waals surface area contributed by atoms with Crippen molar-refractivity contribution in [2.45, 2.75) is 31.6 Å². The Labute approximate surface area is 106 Å². The van der Waals surface area contributed by atoms with Crippen LogP contribution in [0.4, 0.5) is 0 Å². The molecule has 0 saturated carbocycles. The van der Waals surface area contributed by atoms with Crippen molar-refractivity contribution >= 4 is 16.5 Å². The summed E-state index contributed by atoms with van der Waals surface area (Å²) in [5.74, 6) is 0.554. The SMILES string of the molecule is O/N=C1\C[C@@H]2CCCc3ccc4cccc1c4c32. The first kappa shape index (κ1) is 10.1. The molecule has 1 N–H and O–H groups in total. The summed E-state index contributed by atoms with van der Waals surface area (Å²) in [6.07, 6.45) is 4.56. The van der Waals surface area contributed by atoms with E-state index < -0.39 is 0 Å². The average Bonchev–Trinajstić information content (AvgIpc) is 2.44. The summed E-state index contributed by atoms with van der Waals surface area (Å²) in [7, 11) is 0. The second-order valence-corrected chi connectivity index (χ2v) is 5.38. The molecule has 0 unspecified atom stereocenters. The van der Waals surface area contributed by atoms with Crippen LogP contribution in [-0.2, 0) is 6.42 Å². The summed E-state index contributed by atoms with van der Waals surface area (Å²) in [5, 5.41) is 15.4. The van der Waals surface area contributed by atoms with E-state index in [4.69, 9.17) is 0 Å². The predicted molar refractivity (Wildman–Crippen MR) is 72.6 cm³/mol. The lowest BCUT2D eigenvalue weighted by molar-refractivity contribution is 0.317. The van der Waals surface area contributed by atoms with Gasteiger partial charge in [-0.2, -0.15) is 0 Å². The predicted octanol–water partition coefficient (Wildman–Crippen LogP) is 3.84. The van der Waals surface area contributed by atoms with E-state index in [0.29, 0.717) is 5.92 Å². The zero-order chi connectivity index (χ0) is 12.1. The van der Waals surface area contributed by atoms with E-state index in [1.165, 1.54) is 41.2 Å². The first-order valence-corrected chi connectivity index (χ1v) is 6.64. The zero-order valence-corrected chi connectivity index (χ0v) is 10.2.